The van der Waals surface area contributed by atoms with E-state index >= 15 is 0 Å². The maximum atomic E-state index is 8.89. The molecular weight excluding hydrogens is 320 g/mol. The van der Waals surface area contributed by atoms with E-state index in [0.717, 1.165) is 27.6 Å². The highest BCUT2D eigenvalue weighted by atomic mass is 32.1. The number of para-hydroxylation sites is 1. The third kappa shape index (κ3) is 4.41. The van der Waals surface area contributed by atoms with Gasteiger partial charge < -0.3 is 15.2 Å². The summed E-state index contributed by atoms with van der Waals surface area (Å²) < 4.78 is 5.55. The highest BCUT2D eigenvalue weighted by Gasteiger charge is 2.06. The first kappa shape index (κ1) is 16.6. The molecule has 124 valence electrons. The number of nitrogens with one attached hydrogen (secondary N) is 1. The number of ether oxygens (including phenoxy) is 1. The van der Waals surface area contributed by atoms with Gasteiger partial charge in [-0.15, -0.1) is 11.3 Å². The highest BCUT2D eigenvalue weighted by molar-refractivity contribution is 7.09. The Morgan fingerprint density at radius 3 is 2.62 bits per heavy atom. The number of nitrogens with zero attached hydrogens (tertiary/aromatic N) is 1. The molecule has 0 atom stereocenters. The summed E-state index contributed by atoms with van der Waals surface area (Å²) in [5.74, 6) is 0.808. The summed E-state index contributed by atoms with van der Waals surface area (Å²) in [6.45, 7) is 1.74. The number of rotatable bonds is 8. The average molecular weight is 340 g/mol. The molecule has 0 spiro atoms. The second kappa shape index (κ2) is 8.59. The first-order valence-corrected chi connectivity index (χ1v) is 8.77. The van der Waals surface area contributed by atoms with E-state index < -0.39 is 0 Å². The van der Waals surface area contributed by atoms with E-state index in [1.165, 1.54) is 0 Å². The Morgan fingerprint density at radius 2 is 1.79 bits per heavy atom. The van der Waals surface area contributed by atoms with Crippen LogP contribution in [0.15, 0.2) is 60.0 Å². The van der Waals surface area contributed by atoms with Crippen LogP contribution in [0.2, 0.25) is 0 Å². The SMILES string of the molecule is OCCOc1ccccc1CNCc1nc(-c2ccccc2)cs1. The third-order valence-corrected chi connectivity index (χ3v) is 4.38. The Morgan fingerprint density at radius 1 is 1.00 bits per heavy atom. The van der Waals surface area contributed by atoms with Gasteiger partial charge in [-0.3, -0.25) is 0 Å². The van der Waals surface area contributed by atoms with E-state index in [1.807, 2.05) is 42.5 Å². The van der Waals surface area contributed by atoms with Gasteiger partial charge in [0.1, 0.15) is 17.4 Å². The molecule has 3 aromatic rings. The molecule has 2 N–H and O–H groups in total. The van der Waals surface area contributed by atoms with Crippen molar-refractivity contribution in [2.75, 3.05) is 13.2 Å². The molecule has 0 unspecified atom stereocenters. The monoisotopic (exact) mass is 340 g/mol. The minimum Gasteiger partial charge on any atom is -0.491 e. The van der Waals surface area contributed by atoms with Gasteiger partial charge >= 0.3 is 0 Å². The van der Waals surface area contributed by atoms with Gasteiger partial charge in [0.05, 0.1) is 12.3 Å². The van der Waals surface area contributed by atoms with Crippen molar-refractivity contribution < 1.29 is 9.84 Å². The van der Waals surface area contributed by atoms with Crippen LogP contribution < -0.4 is 10.1 Å². The lowest BCUT2D eigenvalue weighted by atomic mass is 10.2. The second-order valence-electron chi connectivity index (χ2n) is 5.28. The molecule has 0 fully saturated rings. The van der Waals surface area contributed by atoms with E-state index in [4.69, 9.17) is 9.84 Å². The van der Waals surface area contributed by atoms with Gasteiger partial charge in [0.25, 0.3) is 0 Å². The summed E-state index contributed by atoms with van der Waals surface area (Å²) in [7, 11) is 0. The molecule has 0 bridgehead atoms. The van der Waals surface area contributed by atoms with Crippen LogP contribution in [0.25, 0.3) is 11.3 Å². The van der Waals surface area contributed by atoms with E-state index in [-0.39, 0.29) is 6.61 Å². The number of aliphatic hydroxyl groups excluding tert-OH is 1. The maximum absolute atomic E-state index is 8.89. The van der Waals surface area contributed by atoms with Crippen molar-refractivity contribution in [2.24, 2.45) is 0 Å². The number of hydrogen-bond acceptors (Lipinski definition) is 5. The van der Waals surface area contributed by atoms with Crippen LogP contribution in [0.1, 0.15) is 10.6 Å². The van der Waals surface area contributed by atoms with Crippen LogP contribution in [0.3, 0.4) is 0 Å². The highest BCUT2D eigenvalue weighted by Crippen LogP contribution is 2.22. The lowest BCUT2D eigenvalue weighted by molar-refractivity contribution is 0.200. The first-order valence-electron chi connectivity index (χ1n) is 7.89. The van der Waals surface area contributed by atoms with Gasteiger partial charge in [-0.05, 0) is 6.07 Å². The normalized spacial score (nSPS) is 10.7. The van der Waals surface area contributed by atoms with Crippen molar-refractivity contribution in [1.82, 2.24) is 10.3 Å². The topological polar surface area (TPSA) is 54.4 Å². The molecule has 1 heterocycles. The van der Waals surface area contributed by atoms with Crippen LogP contribution in [0.4, 0.5) is 0 Å². The molecule has 0 aliphatic rings. The Labute approximate surface area is 145 Å². The Hall–Kier alpha value is -2.21. The van der Waals surface area contributed by atoms with E-state index in [9.17, 15) is 0 Å². The van der Waals surface area contributed by atoms with Crippen molar-refractivity contribution in [3.63, 3.8) is 0 Å². The van der Waals surface area contributed by atoms with Gasteiger partial charge in [-0.1, -0.05) is 48.5 Å². The van der Waals surface area contributed by atoms with Crippen LogP contribution >= 0.6 is 11.3 Å². The van der Waals surface area contributed by atoms with E-state index in [1.54, 1.807) is 11.3 Å². The predicted molar refractivity (Wildman–Crippen MR) is 97.1 cm³/mol. The van der Waals surface area contributed by atoms with Crippen molar-refractivity contribution in [3.05, 3.63) is 70.5 Å². The predicted octanol–water partition coefficient (Wildman–Crippen LogP) is 3.47. The first-order chi connectivity index (χ1) is 11.9. The van der Waals surface area contributed by atoms with Gasteiger partial charge in [0, 0.05) is 29.6 Å². The summed E-state index contributed by atoms with van der Waals surface area (Å²) in [6.07, 6.45) is 0. The maximum Gasteiger partial charge on any atom is 0.123 e. The minimum absolute atomic E-state index is 0.0170. The molecule has 0 aliphatic heterocycles. The fourth-order valence-electron chi connectivity index (χ4n) is 2.38. The minimum atomic E-state index is 0.0170. The fourth-order valence-corrected chi connectivity index (χ4v) is 3.16. The van der Waals surface area contributed by atoms with Crippen molar-refractivity contribution in [3.8, 4) is 17.0 Å². The summed E-state index contributed by atoms with van der Waals surface area (Å²) >= 11 is 1.66. The second-order valence-corrected chi connectivity index (χ2v) is 6.22. The number of aromatic nitrogens is 1. The van der Waals surface area contributed by atoms with E-state index in [0.29, 0.717) is 19.7 Å². The third-order valence-electron chi connectivity index (χ3n) is 3.53. The zero-order valence-corrected chi connectivity index (χ0v) is 14.1. The van der Waals surface area contributed by atoms with Gasteiger partial charge in [0.2, 0.25) is 0 Å². The zero-order valence-electron chi connectivity index (χ0n) is 13.3. The van der Waals surface area contributed by atoms with Gasteiger partial charge in [0.15, 0.2) is 0 Å². The molecule has 0 radical (unpaired) electrons. The van der Waals surface area contributed by atoms with Crippen LogP contribution in [-0.2, 0) is 13.1 Å². The lowest BCUT2D eigenvalue weighted by Crippen LogP contribution is -2.14. The molecule has 0 saturated heterocycles. The molecule has 1 aromatic heterocycles. The largest absolute Gasteiger partial charge is 0.491 e. The van der Waals surface area contributed by atoms with Crippen molar-refractivity contribution in [2.45, 2.75) is 13.1 Å². The zero-order chi connectivity index (χ0) is 16.6. The number of aliphatic hydroxyl groups is 1. The molecule has 2 aromatic carbocycles. The van der Waals surface area contributed by atoms with Gasteiger partial charge in [-0.2, -0.15) is 0 Å². The van der Waals surface area contributed by atoms with Crippen molar-refractivity contribution in [1.29, 1.82) is 0 Å². The van der Waals surface area contributed by atoms with Crippen LogP contribution in [0, 0.1) is 0 Å². The van der Waals surface area contributed by atoms with Gasteiger partial charge in [-0.25, -0.2) is 4.98 Å². The summed E-state index contributed by atoms with van der Waals surface area (Å²) in [5, 5.41) is 15.4. The summed E-state index contributed by atoms with van der Waals surface area (Å²) in [5.41, 5.74) is 3.23. The van der Waals surface area contributed by atoms with Crippen molar-refractivity contribution >= 4 is 11.3 Å². The molecule has 24 heavy (non-hydrogen) atoms. The smallest absolute Gasteiger partial charge is 0.123 e. The average Bonchev–Trinajstić information content (AvgIpc) is 3.10. The Bertz CT molecular complexity index is 759. The molecule has 3 rings (SSSR count). The molecule has 0 amide bonds. The molecule has 0 aliphatic carbocycles. The molecule has 5 heteroatoms. The quantitative estimate of drug-likeness (QED) is 0.659. The van der Waals surface area contributed by atoms with Crippen LogP contribution in [0.5, 0.6) is 5.75 Å². The number of thiazole rings is 1. The van der Waals surface area contributed by atoms with E-state index in [2.05, 4.69) is 27.8 Å². The molecular formula is C19H20N2O2S. The molecule has 0 saturated carbocycles. The number of hydrogen-bond donors (Lipinski definition) is 2. The fraction of sp³-hybridized carbons (Fsp3) is 0.211. The Balaban J connectivity index is 1.57. The Kier molecular flexibility index (Phi) is 5.96. The lowest BCUT2D eigenvalue weighted by Gasteiger charge is -2.10. The molecule has 4 nitrogen and oxygen atoms in total. The van der Waals surface area contributed by atoms with Crippen LogP contribution in [-0.4, -0.2) is 23.3 Å². The summed E-state index contributed by atoms with van der Waals surface area (Å²) in [4.78, 5) is 4.68. The number of benzene rings is 2. The standard InChI is InChI=1S/C19H20N2O2S/c22-10-11-23-18-9-5-4-8-16(18)12-20-13-19-21-17(14-24-19)15-6-2-1-3-7-15/h1-9,14,20,22H,10-13H2. The summed E-state index contributed by atoms with van der Waals surface area (Å²) in [6, 6.07) is 18.1.